The summed E-state index contributed by atoms with van der Waals surface area (Å²) in [5.74, 6) is 2.58. The number of nitrogens with zero attached hydrogens (tertiary/aromatic N) is 5. The predicted molar refractivity (Wildman–Crippen MR) is 89.7 cm³/mol. The summed E-state index contributed by atoms with van der Waals surface area (Å²) >= 11 is 0. The second-order valence-corrected chi connectivity index (χ2v) is 6.26. The van der Waals surface area contributed by atoms with Crippen LogP contribution >= 0.6 is 0 Å². The Bertz CT molecular complexity index is 663. The lowest BCUT2D eigenvalue weighted by atomic mass is 10.2. The summed E-state index contributed by atoms with van der Waals surface area (Å²) in [7, 11) is 0. The Balaban J connectivity index is 1.46. The molecule has 128 valence electrons. The van der Waals surface area contributed by atoms with Crippen LogP contribution in [-0.2, 0) is 11.2 Å². The van der Waals surface area contributed by atoms with Crippen molar-refractivity contribution < 1.29 is 9.32 Å². The van der Waals surface area contributed by atoms with Gasteiger partial charge in [-0.25, -0.2) is 4.98 Å². The van der Waals surface area contributed by atoms with Gasteiger partial charge in [0.25, 0.3) is 0 Å². The molecule has 2 aromatic rings. The summed E-state index contributed by atoms with van der Waals surface area (Å²) in [6.07, 6.45) is 2.70. The van der Waals surface area contributed by atoms with Crippen molar-refractivity contribution in [1.82, 2.24) is 20.0 Å². The molecule has 2 aromatic heterocycles. The van der Waals surface area contributed by atoms with Crippen molar-refractivity contribution >= 4 is 11.7 Å². The minimum atomic E-state index is 0.139. The van der Waals surface area contributed by atoms with Crippen molar-refractivity contribution in [3.05, 3.63) is 36.1 Å². The van der Waals surface area contributed by atoms with Crippen molar-refractivity contribution in [3.63, 3.8) is 0 Å². The Morgan fingerprint density at radius 3 is 2.67 bits per heavy atom. The minimum absolute atomic E-state index is 0.139. The maximum absolute atomic E-state index is 12.4. The van der Waals surface area contributed by atoms with Gasteiger partial charge >= 0.3 is 0 Å². The first-order chi connectivity index (χ1) is 11.6. The molecule has 0 atom stereocenters. The molecule has 1 saturated heterocycles. The third-order valence-electron chi connectivity index (χ3n) is 4.16. The molecule has 0 radical (unpaired) electrons. The number of pyridine rings is 1. The van der Waals surface area contributed by atoms with Gasteiger partial charge in [-0.2, -0.15) is 4.98 Å². The normalized spacial score (nSPS) is 15.1. The highest BCUT2D eigenvalue weighted by molar-refractivity contribution is 5.76. The number of carbonyl (C=O) groups is 1. The summed E-state index contributed by atoms with van der Waals surface area (Å²) in [6, 6.07) is 5.89. The van der Waals surface area contributed by atoms with Crippen LogP contribution in [0.3, 0.4) is 0 Å². The zero-order valence-electron chi connectivity index (χ0n) is 14.2. The highest BCUT2D eigenvalue weighted by Crippen LogP contribution is 2.14. The van der Waals surface area contributed by atoms with E-state index in [-0.39, 0.29) is 11.8 Å². The number of anilines is 1. The van der Waals surface area contributed by atoms with Gasteiger partial charge in [-0.15, -0.1) is 0 Å². The predicted octanol–water partition coefficient (Wildman–Crippen LogP) is 1.87. The fourth-order valence-electron chi connectivity index (χ4n) is 2.70. The molecule has 24 heavy (non-hydrogen) atoms. The molecule has 3 heterocycles. The van der Waals surface area contributed by atoms with Gasteiger partial charge in [0.05, 0.1) is 0 Å². The summed E-state index contributed by atoms with van der Waals surface area (Å²) in [5.41, 5.74) is 0. The monoisotopic (exact) mass is 329 g/mol. The molecule has 0 aliphatic carbocycles. The lowest BCUT2D eigenvalue weighted by Crippen LogP contribution is -2.49. The van der Waals surface area contributed by atoms with Gasteiger partial charge in [-0.05, 0) is 12.1 Å². The summed E-state index contributed by atoms with van der Waals surface area (Å²) in [6.45, 7) is 7.08. The fraction of sp³-hybridized carbons (Fsp3) is 0.529. The third kappa shape index (κ3) is 3.90. The van der Waals surface area contributed by atoms with Gasteiger partial charge in [0.2, 0.25) is 11.8 Å². The second kappa shape index (κ2) is 7.42. The highest BCUT2D eigenvalue weighted by Gasteiger charge is 2.22. The summed E-state index contributed by atoms with van der Waals surface area (Å²) in [4.78, 5) is 25.1. The van der Waals surface area contributed by atoms with Crippen molar-refractivity contribution in [1.29, 1.82) is 0 Å². The van der Waals surface area contributed by atoms with Crippen molar-refractivity contribution in [3.8, 4) is 0 Å². The number of amides is 1. The Morgan fingerprint density at radius 2 is 2.04 bits per heavy atom. The Labute approximate surface area is 141 Å². The van der Waals surface area contributed by atoms with Crippen LogP contribution in [0.2, 0.25) is 0 Å². The first-order valence-electron chi connectivity index (χ1n) is 8.39. The van der Waals surface area contributed by atoms with E-state index in [1.54, 1.807) is 6.20 Å². The van der Waals surface area contributed by atoms with Crippen LogP contribution in [0.4, 0.5) is 5.82 Å². The van der Waals surface area contributed by atoms with Gasteiger partial charge in [-0.1, -0.05) is 25.1 Å². The van der Waals surface area contributed by atoms with E-state index in [0.29, 0.717) is 24.6 Å². The molecular formula is C17H23N5O2. The SMILES string of the molecule is CC(C)c1noc(CCC(=O)N2CCN(c3ccccn3)CC2)n1. The van der Waals surface area contributed by atoms with Gasteiger partial charge in [-0.3, -0.25) is 4.79 Å². The van der Waals surface area contributed by atoms with Crippen LogP contribution in [0.15, 0.2) is 28.9 Å². The average Bonchev–Trinajstić information content (AvgIpc) is 3.10. The van der Waals surface area contributed by atoms with E-state index >= 15 is 0 Å². The highest BCUT2D eigenvalue weighted by atomic mass is 16.5. The first-order valence-corrected chi connectivity index (χ1v) is 8.39. The van der Waals surface area contributed by atoms with Crippen LogP contribution < -0.4 is 4.90 Å². The van der Waals surface area contributed by atoms with E-state index < -0.39 is 0 Å². The molecule has 1 fully saturated rings. The Hall–Kier alpha value is -2.44. The van der Waals surface area contributed by atoms with Crippen LogP contribution in [-0.4, -0.2) is 52.1 Å². The molecule has 0 unspecified atom stereocenters. The van der Waals surface area contributed by atoms with Crippen LogP contribution in [0, 0.1) is 0 Å². The van der Waals surface area contributed by atoms with E-state index in [1.165, 1.54) is 0 Å². The number of hydrogen-bond acceptors (Lipinski definition) is 6. The topological polar surface area (TPSA) is 75.4 Å². The average molecular weight is 329 g/mol. The zero-order chi connectivity index (χ0) is 16.9. The maximum Gasteiger partial charge on any atom is 0.227 e. The molecule has 0 aromatic carbocycles. The standard InChI is InChI=1S/C17H23N5O2/c1-13(2)17-19-15(24-20-17)6-7-16(23)22-11-9-21(10-12-22)14-5-3-4-8-18-14/h3-5,8,13H,6-7,9-12H2,1-2H3. The van der Waals surface area contributed by atoms with Gasteiger partial charge in [0.1, 0.15) is 5.82 Å². The molecule has 7 heteroatoms. The van der Waals surface area contributed by atoms with Gasteiger partial charge in [0, 0.05) is 51.1 Å². The smallest absolute Gasteiger partial charge is 0.227 e. The molecule has 3 rings (SSSR count). The molecule has 0 spiro atoms. The molecule has 0 bridgehead atoms. The largest absolute Gasteiger partial charge is 0.353 e. The lowest BCUT2D eigenvalue weighted by Gasteiger charge is -2.35. The molecule has 1 aliphatic heterocycles. The zero-order valence-corrected chi connectivity index (χ0v) is 14.2. The van der Waals surface area contributed by atoms with Crippen LogP contribution in [0.1, 0.15) is 37.9 Å². The Morgan fingerprint density at radius 1 is 1.25 bits per heavy atom. The van der Waals surface area contributed by atoms with Crippen molar-refractivity contribution in [2.75, 3.05) is 31.1 Å². The van der Waals surface area contributed by atoms with Gasteiger partial charge < -0.3 is 14.3 Å². The number of aryl methyl sites for hydroxylation is 1. The molecule has 1 aliphatic rings. The summed E-state index contributed by atoms with van der Waals surface area (Å²) < 4.78 is 5.19. The second-order valence-electron chi connectivity index (χ2n) is 6.26. The van der Waals surface area contributed by atoms with Crippen LogP contribution in [0.25, 0.3) is 0 Å². The van der Waals surface area contributed by atoms with E-state index in [1.807, 2.05) is 36.9 Å². The number of piperazine rings is 1. The minimum Gasteiger partial charge on any atom is -0.353 e. The van der Waals surface area contributed by atoms with E-state index in [0.717, 1.165) is 32.0 Å². The Kier molecular flexibility index (Phi) is 5.08. The van der Waals surface area contributed by atoms with E-state index in [2.05, 4.69) is 20.0 Å². The quantitative estimate of drug-likeness (QED) is 0.833. The maximum atomic E-state index is 12.4. The van der Waals surface area contributed by atoms with E-state index in [9.17, 15) is 4.79 Å². The number of hydrogen-bond donors (Lipinski definition) is 0. The first kappa shape index (κ1) is 16.4. The summed E-state index contributed by atoms with van der Waals surface area (Å²) in [5, 5.41) is 3.93. The van der Waals surface area contributed by atoms with Crippen molar-refractivity contribution in [2.45, 2.75) is 32.6 Å². The molecule has 1 amide bonds. The molecular weight excluding hydrogens is 306 g/mol. The van der Waals surface area contributed by atoms with Crippen molar-refractivity contribution in [2.24, 2.45) is 0 Å². The molecule has 0 N–H and O–H groups in total. The molecule has 7 nitrogen and oxygen atoms in total. The number of rotatable bonds is 5. The van der Waals surface area contributed by atoms with E-state index in [4.69, 9.17) is 4.52 Å². The van der Waals surface area contributed by atoms with Crippen LogP contribution in [0.5, 0.6) is 0 Å². The lowest BCUT2D eigenvalue weighted by molar-refractivity contribution is -0.131. The molecule has 0 saturated carbocycles. The van der Waals surface area contributed by atoms with Gasteiger partial charge in [0.15, 0.2) is 5.82 Å². The third-order valence-corrected chi connectivity index (χ3v) is 4.16. The number of carbonyl (C=O) groups excluding carboxylic acids is 1. The fourth-order valence-corrected chi connectivity index (χ4v) is 2.70. The number of aromatic nitrogens is 3.